The van der Waals surface area contributed by atoms with Crippen molar-refractivity contribution in [1.82, 2.24) is 0 Å². The molecule has 0 heterocycles. The molecule has 2 heteroatoms. The number of hydrogen-bond acceptors (Lipinski definition) is 0. The van der Waals surface area contributed by atoms with E-state index in [1.807, 2.05) is 6.92 Å². The van der Waals surface area contributed by atoms with Gasteiger partial charge in [0.1, 0.15) is 0 Å². The fourth-order valence-corrected chi connectivity index (χ4v) is 1.12. The zero-order valence-electron chi connectivity index (χ0n) is 7.91. The standard InChI is InChI=1S/C10H19F2/c1-3-5-7-9-10(11,12)8-6-4-2/h1,3-9H2,2H3. The van der Waals surface area contributed by atoms with E-state index < -0.39 is 5.92 Å². The first-order chi connectivity index (χ1) is 5.62. The SMILES string of the molecule is [CH2]CCCCC(F)(F)CCCC. The average molecular weight is 177 g/mol. The maximum absolute atomic E-state index is 12.9. The zero-order chi connectivity index (χ0) is 9.45. The molecule has 0 aliphatic rings. The molecule has 0 aromatic rings. The Morgan fingerprint density at radius 2 is 1.67 bits per heavy atom. The fourth-order valence-electron chi connectivity index (χ4n) is 1.12. The van der Waals surface area contributed by atoms with Crippen LogP contribution in [0.2, 0.25) is 0 Å². The van der Waals surface area contributed by atoms with Crippen molar-refractivity contribution in [3.63, 3.8) is 0 Å². The van der Waals surface area contributed by atoms with E-state index in [-0.39, 0.29) is 12.8 Å². The molecule has 1 radical (unpaired) electrons. The Labute approximate surface area is 74.4 Å². The molecular formula is C10H19F2. The molecule has 0 saturated carbocycles. The molecule has 0 atom stereocenters. The van der Waals surface area contributed by atoms with Crippen molar-refractivity contribution in [2.24, 2.45) is 0 Å². The van der Waals surface area contributed by atoms with Crippen LogP contribution in [0.1, 0.15) is 51.9 Å². The lowest BCUT2D eigenvalue weighted by atomic mass is 10.0. The zero-order valence-corrected chi connectivity index (χ0v) is 7.91. The second kappa shape index (κ2) is 6.38. The van der Waals surface area contributed by atoms with E-state index in [0.29, 0.717) is 12.8 Å². The number of alkyl halides is 2. The molecule has 0 spiro atoms. The summed E-state index contributed by atoms with van der Waals surface area (Å²) in [4.78, 5) is 0. The van der Waals surface area contributed by atoms with Gasteiger partial charge in [-0.3, -0.25) is 0 Å². The Morgan fingerprint density at radius 3 is 2.17 bits per heavy atom. The van der Waals surface area contributed by atoms with Crippen LogP contribution in [0.25, 0.3) is 0 Å². The Kier molecular flexibility index (Phi) is 6.31. The first-order valence-electron chi connectivity index (χ1n) is 4.79. The molecule has 0 unspecified atom stereocenters. The minimum absolute atomic E-state index is 0.0442. The molecule has 0 N–H and O–H groups in total. The van der Waals surface area contributed by atoms with E-state index in [0.717, 1.165) is 19.3 Å². The van der Waals surface area contributed by atoms with E-state index in [4.69, 9.17) is 0 Å². The molecule has 0 aromatic heterocycles. The van der Waals surface area contributed by atoms with Gasteiger partial charge in [-0.15, -0.1) is 0 Å². The molecule has 0 saturated heterocycles. The molecule has 0 bridgehead atoms. The molecule has 12 heavy (non-hydrogen) atoms. The third-order valence-corrected chi connectivity index (χ3v) is 1.94. The van der Waals surface area contributed by atoms with E-state index in [2.05, 4.69) is 6.92 Å². The van der Waals surface area contributed by atoms with Gasteiger partial charge in [-0.25, -0.2) is 8.78 Å². The molecule has 0 rings (SSSR count). The molecule has 0 fully saturated rings. The van der Waals surface area contributed by atoms with Crippen molar-refractivity contribution in [3.8, 4) is 0 Å². The lowest BCUT2D eigenvalue weighted by Crippen LogP contribution is -2.15. The Balaban J connectivity index is 3.42. The fraction of sp³-hybridized carbons (Fsp3) is 0.900. The summed E-state index contributed by atoms with van der Waals surface area (Å²) < 4.78 is 25.8. The van der Waals surface area contributed by atoms with Crippen molar-refractivity contribution < 1.29 is 8.78 Å². The molecule has 73 valence electrons. The topological polar surface area (TPSA) is 0 Å². The largest absolute Gasteiger partial charge is 0.248 e. The summed E-state index contributed by atoms with van der Waals surface area (Å²) in [5.74, 6) is -2.43. The van der Waals surface area contributed by atoms with Crippen LogP contribution in [-0.2, 0) is 0 Å². The van der Waals surface area contributed by atoms with Crippen molar-refractivity contribution in [3.05, 3.63) is 6.92 Å². The quantitative estimate of drug-likeness (QED) is 0.511. The normalized spacial score (nSPS) is 12.0. The number of unbranched alkanes of at least 4 members (excludes halogenated alkanes) is 3. The summed E-state index contributed by atoms with van der Waals surface area (Å²) in [7, 11) is 0. The van der Waals surface area contributed by atoms with Gasteiger partial charge in [0.25, 0.3) is 0 Å². The van der Waals surface area contributed by atoms with Crippen LogP contribution in [0.4, 0.5) is 8.78 Å². The van der Waals surface area contributed by atoms with Crippen LogP contribution in [0, 0.1) is 6.92 Å². The molecule has 0 nitrogen and oxygen atoms in total. The molecular weight excluding hydrogens is 158 g/mol. The van der Waals surface area contributed by atoms with E-state index >= 15 is 0 Å². The van der Waals surface area contributed by atoms with Crippen LogP contribution >= 0.6 is 0 Å². The number of rotatable bonds is 7. The maximum atomic E-state index is 12.9. The number of halogens is 2. The van der Waals surface area contributed by atoms with Gasteiger partial charge in [0.05, 0.1) is 0 Å². The van der Waals surface area contributed by atoms with Crippen molar-refractivity contribution in [1.29, 1.82) is 0 Å². The van der Waals surface area contributed by atoms with Crippen molar-refractivity contribution in [2.45, 2.75) is 57.8 Å². The van der Waals surface area contributed by atoms with Gasteiger partial charge >= 0.3 is 0 Å². The van der Waals surface area contributed by atoms with Crippen molar-refractivity contribution >= 4 is 0 Å². The Hall–Kier alpha value is -0.140. The summed E-state index contributed by atoms with van der Waals surface area (Å²) in [5, 5.41) is 0. The summed E-state index contributed by atoms with van der Waals surface area (Å²) in [5.41, 5.74) is 0. The minimum atomic E-state index is -2.43. The summed E-state index contributed by atoms with van der Waals surface area (Å²) in [6.45, 7) is 5.56. The highest BCUT2D eigenvalue weighted by atomic mass is 19.3. The highest BCUT2D eigenvalue weighted by Crippen LogP contribution is 2.27. The van der Waals surface area contributed by atoms with Crippen LogP contribution in [0.15, 0.2) is 0 Å². The number of hydrogen-bond donors (Lipinski definition) is 0. The Bertz CT molecular complexity index is 100. The highest BCUT2D eigenvalue weighted by Gasteiger charge is 2.26. The van der Waals surface area contributed by atoms with Crippen LogP contribution in [-0.4, -0.2) is 5.92 Å². The van der Waals surface area contributed by atoms with Gasteiger partial charge in [0, 0.05) is 12.8 Å². The first-order valence-corrected chi connectivity index (χ1v) is 4.79. The summed E-state index contributed by atoms with van der Waals surface area (Å²) in [6.07, 6.45) is 3.79. The maximum Gasteiger partial charge on any atom is 0.248 e. The third-order valence-electron chi connectivity index (χ3n) is 1.94. The van der Waals surface area contributed by atoms with E-state index in [9.17, 15) is 8.78 Å². The van der Waals surface area contributed by atoms with Crippen LogP contribution < -0.4 is 0 Å². The van der Waals surface area contributed by atoms with E-state index in [1.54, 1.807) is 0 Å². The lowest BCUT2D eigenvalue weighted by Gasteiger charge is -2.15. The Morgan fingerprint density at radius 1 is 1.08 bits per heavy atom. The second-order valence-corrected chi connectivity index (χ2v) is 3.27. The van der Waals surface area contributed by atoms with Crippen LogP contribution in [0.3, 0.4) is 0 Å². The van der Waals surface area contributed by atoms with E-state index in [1.165, 1.54) is 0 Å². The minimum Gasteiger partial charge on any atom is -0.207 e. The smallest absolute Gasteiger partial charge is 0.207 e. The lowest BCUT2D eigenvalue weighted by molar-refractivity contribution is -0.0201. The van der Waals surface area contributed by atoms with Gasteiger partial charge in [0.15, 0.2) is 0 Å². The predicted octanol–water partition coefficient (Wildman–Crippen LogP) is 4.21. The summed E-state index contributed by atoms with van der Waals surface area (Å²) in [6, 6.07) is 0. The van der Waals surface area contributed by atoms with Gasteiger partial charge in [-0.2, -0.15) is 0 Å². The van der Waals surface area contributed by atoms with Gasteiger partial charge in [0.2, 0.25) is 5.92 Å². The molecule has 0 aliphatic heterocycles. The van der Waals surface area contributed by atoms with Gasteiger partial charge in [-0.05, 0) is 12.8 Å². The van der Waals surface area contributed by atoms with Crippen LogP contribution in [0.5, 0.6) is 0 Å². The first kappa shape index (κ1) is 11.9. The van der Waals surface area contributed by atoms with Gasteiger partial charge in [-0.1, -0.05) is 33.1 Å². The van der Waals surface area contributed by atoms with Gasteiger partial charge < -0.3 is 0 Å². The third kappa shape index (κ3) is 6.56. The van der Waals surface area contributed by atoms with Crippen molar-refractivity contribution in [2.75, 3.05) is 0 Å². The average Bonchev–Trinajstić information content (AvgIpc) is 2.01. The molecule has 0 aromatic carbocycles. The monoisotopic (exact) mass is 177 g/mol. The molecule has 0 aliphatic carbocycles. The summed E-state index contributed by atoms with van der Waals surface area (Å²) >= 11 is 0. The predicted molar refractivity (Wildman–Crippen MR) is 48.3 cm³/mol. The second-order valence-electron chi connectivity index (χ2n) is 3.27. The highest BCUT2D eigenvalue weighted by molar-refractivity contribution is 4.65. The molecule has 0 amide bonds.